The van der Waals surface area contributed by atoms with Crippen LogP contribution in [-0.2, 0) is 14.3 Å². The van der Waals surface area contributed by atoms with E-state index in [-0.39, 0.29) is 10.9 Å². The van der Waals surface area contributed by atoms with Crippen LogP contribution in [0.3, 0.4) is 0 Å². The SMILES string of the molecule is O=C(/C=C/CN1CCCOCC1)Nc1cc2c(Nc3ccc(F)c(Cl)c3)ncnc2cc1OCC1CCOCC1. The predicted octanol–water partition coefficient (Wildman–Crippen LogP) is 5.19. The van der Waals surface area contributed by atoms with Crippen molar-refractivity contribution in [2.75, 3.05) is 63.3 Å². The fraction of sp³-hybridized carbons (Fsp3) is 0.414. The Morgan fingerprint density at radius 2 is 1.98 bits per heavy atom. The lowest BCUT2D eigenvalue weighted by Crippen LogP contribution is -2.26. The molecule has 11 heteroatoms. The molecule has 2 N–H and O–H groups in total. The zero-order chi connectivity index (χ0) is 27.7. The molecule has 2 aliphatic heterocycles. The molecule has 2 aliphatic rings. The van der Waals surface area contributed by atoms with Gasteiger partial charge in [0.05, 0.1) is 29.4 Å². The Kier molecular flexibility index (Phi) is 9.77. The molecule has 0 aliphatic carbocycles. The maximum absolute atomic E-state index is 13.7. The second kappa shape index (κ2) is 13.8. The molecule has 0 unspecified atom stereocenters. The number of nitrogens with one attached hydrogen (secondary N) is 2. The first-order chi connectivity index (χ1) is 19.5. The van der Waals surface area contributed by atoms with Gasteiger partial charge in [-0.3, -0.25) is 9.69 Å². The zero-order valence-corrected chi connectivity index (χ0v) is 23.0. The number of carbonyl (C=O) groups is 1. The third-order valence-electron chi connectivity index (χ3n) is 6.94. The summed E-state index contributed by atoms with van der Waals surface area (Å²) in [6, 6.07) is 7.94. The third kappa shape index (κ3) is 7.66. The third-order valence-corrected chi connectivity index (χ3v) is 7.23. The predicted molar refractivity (Wildman–Crippen MR) is 153 cm³/mol. The van der Waals surface area contributed by atoms with Crippen LogP contribution in [0.1, 0.15) is 19.3 Å². The van der Waals surface area contributed by atoms with Crippen molar-refractivity contribution in [1.82, 2.24) is 14.9 Å². The number of fused-ring (bicyclic) bond motifs is 1. The summed E-state index contributed by atoms with van der Waals surface area (Å²) in [6.07, 6.45) is 7.67. The number of hydrogen-bond donors (Lipinski definition) is 2. The second-order valence-electron chi connectivity index (χ2n) is 9.87. The largest absolute Gasteiger partial charge is 0.491 e. The van der Waals surface area contributed by atoms with Gasteiger partial charge in [0.1, 0.15) is 23.7 Å². The van der Waals surface area contributed by atoms with Crippen LogP contribution in [0, 0.1) is 11.7 Å². The Bertz CT molecular complexity index is 1340. The summed E-state index contributed by atoms with van der Waals surface area (Å²) in [5, 5.41) is 6.81. The average Bonchev–Trinajstić information content (AvgIpc) is 3.24. The second-order valence-corrected chi connectivity index (χ2v) is 10.3. The van der Waals surface area contributed by atoms with Crippen LogP contribution in [0.4, 0.5) is 21.6 Å². The molecule has 0 spiro atoms. The van der Waals surface area contributed by atoms with Crippen molar-refractivity contribution in [3.63, 3.8) is 0 Å². The molecular formula is C29H33ClFN5O4. The standard InChI is InChI=1S/C29H33ClFN5O4/c30-23-15-21(4-5-24(23)31)34-29-22-16-26(35-28(37)3-1-8-36-9-2-11-38-14-10-36)27(17-25(22)32-19-33-29)40-18-20-6-12-39-13-7-20/h1,3-5,15-17,19-20H,2,6-14,18H2,(H,35,37)(H,32,33,34)/b3-1+. The van der Waals surface area contributed by atoms with Gasteiger partial charge in [-0.2, -0.15) is 0 Å². The van der Waals surface area contributed by atoms with E-state index >= 15 is 0 Å². The lowest BCUT2D eigenvalue weighted by atomic mass is 10.0. The Morgan fingerprint density at radius 3 is 2.83 bits per heavy atom. The number of benzene rings is 2. The summed E-state index contributed by atoms with van der Waals surface area (Å²) in [6.45, 7) is 5.88. The monoisotopic (exact) mass is 569 g/mol. The van der Waals surface area contributed by atoms with E-state index in [4.69, 9.17) is 25.8 Å². The lowest BCUT2D eigenvalue weighted by Gasteiger charge is -2.23. The minimum atomic E-state index is -0.506. The number of aromatic nitrogens is 2. The van der Waals surface area contributed by atoms with Gasteiger partial charge in [-0.15, -0.1) is 0 Å². The van der Waals surface area contributed by atoms with Crippen molar-refractivity contribution in [3.05, 3.63) is 59.7 Å². The van der Waals surface area contributed by atoms with Gasteiger partial charge in [-0.25, -0.2) is 14.4 Å². The van der Waals surface area contributed by atoms with E-state index in [1.165, 1.54) is 18.5 Å². The molecule has 40 heavy (non-hydrogen) atoms. The Balaban J connectivity index is 1.37. The number of anilines is 3. The lowest BCUT2D eigenvalue weighted by molar-refractivity contribution is -0.111. The summed E-state index contributed by atoms with van der Waals surface area (Å²) in [4.78, 5) is 24.0. The fourth-order valence-electron chi connectivity index (χ4n) is 4.70. The number of hydrogen-bond acceptors (Lipinski definition) is 8. The van der Waals surface area contributed by atoms with Gasteiger partial charge >= 0.3 is 0 Å². The summed E-state index contributed by atoms with van der Waals surface area (Å²) >= 11 is 5.96. The Labute approximate surface area is 237 Å². The normalized spacial score (nSPS) is 17.1. The van der Waals surface area contributed by atoms with E-state index in [1.54, 1.807) is 24.3 Å². The number of nitrogens with zero attached hydrogens (tertiary/aromatic N) is 3. The van der Waals surface area contributed by atoms with E-state index in [1.807, 2.05) is 6.08 Å². The van der Waals surface area contributed by atoms with Crippen LogP contribution >= 0.6 is 11.6 Å². The van der Waals surface area contributed by atoms with E-state index in [9.17, 15) is 9.18 Å². The fourth-order valence-corrected chi connectivity index (χ4v) is 4.88. The van der Waals surface area contributed by atoms with Crippen LogP contribution in [0.2, 0.25) is 5.02 Å². The van der Waals surface area contributed by atoms with E-state index < -0.39 is 5.82 Å². The highest BCUT2D eigenvalue weighted by molar-refractivity contribution is 6.31. The highest BCUT2D eigenvalue weighted by Crippen LogP contribution is 2.34. The van der Waals surface area contributed by atoms with Gasteiger partial charge in [0.25, 0.3) is 0 Å². The van der Waals surface area contributed by atoms with E-state index in [0.717, 1.165) is 52.2 Å². The first-order valence-corrected chi connectivity index (χ1v) is 13.9. The van der Waals surface area contributed by atoms with Gasteiger partial charge in [0, 0.05) is 62.7 Å². The molecule has 2 aromatic carbocycles. The highest BCUT2D eigenvalue weighted by Gasteiger charge is 2.18. The molecule has 9 nitrogen and oxygen atoms in total. The minimum Gasteiger partial charge on any atom is -0.491 e. The maximum atomic E-state index is 13.7. The van der Waals surface area contributed by atoms with Gasteiger partial charge in [0.15, 0.2) is 0 Å². The smallest absolute Gasteiger partial charge is 0.248 e. The maximum Gasteiger partial charge on any atom is 0.248 e. The van der Waals surface area contributed by atoms with Crippen molar-refractivity contribution in [1.29, 1.82) is 0 Å². The minimum absolute atomic E-state index is 0.000368. The highest BCUT2D eigenvalue weighted by atomic mass is 35.5. The van der Waals surface area contributed by atoms with Crippen molar-refractivity contribution in [2.45, 2.75) is 19.3 Å². The van der Waals surface area contributed by atoms with Gasteiger partial charge in [0.2, 0.25) is 5.91 Å². The molecule has 0 saturated carbocycles. The van der Waals surface area contributed by atoms with Crippen molar-refractivity contribution in [3.8, 4) is 5.75 Å². The summed E-state index contributed by atoms with van der Waals surface area (Å²) < 4.78 is 30.9. The Morgan fingerprint density at radius 1 is 1.12 bits per heavy atom. The van der Waals surface area contributed by atoms with Crippen molar-refractivity contribution >= 4 is 45.6 Å². The van der Waals surface area contributed by atoms with Gasteiger partial charge in [-0.05, 0) is 49.4 Å². The first-order valence-electron chi connectivity index (χ1n) is 13.5. The molecule has 3 aromatic rings. The summed E-state index contributed by atoms with van der Waals surface area (Å²) in [7, 11) is 0. The average molecular weight is 570 g/mol. The topological polar surface area (TPSA) is 97.8 Å². The quantitative estimate of drug-likeness (QED) is 0.340. The van der Waals surface area contributed by atoms with E-state index in [2.05, 4.69) is 25.5 Å². The van der Waals surface area contributed by atoms with Crippen molar-refractivity contribution < 1.29 is 23.4 Å². The van der Waals surface area contributed by atoms with Gasteiger partial charge < -0.3 is 24.8 Å². The summed E-state index contributed by atoms with van der Waals surface area (Å²) in [5.41, 5.74) is 1.70. The molecule has 3 heterocycles. The molecule has 2 fully saturated rings. The number of rotatable bonds is 9. The van der Waals surface area contributed by atoms with E-state index in [0.29, 0.717) is 59.5 Å². The number of amides is 1. The molecule has 212 valence electrons. The van der Waals surface area contributed by atoms with Gasteiger partial charge in [-0.1, -0.05) is 17.7 Å². The van der Waals surface area contributed by atoms with Crippen LogP contribution in [0.5, 0.6) is 5.75 Å². The van der Waals surface area contributed by atoms with Crippen LogP contribution in [0.25, 0.3) is 10.9 Å². The zero-order valence-electron chi connectivity index (χ0n) is 22.2. The molecule has 0 radical (unpaired) electrons. The van der Waals surface area contributed by atoms with Crippen LogP contribution in [-0.4, -0.2) is 73.4 Å². The Hall–Kier alpha value is -3.31. The molecular weight excluding hydrogens is 537 g/mol. The first kappa shape index (κ1) is 28.2. The summed E-state index contributed by atoms with van der Waals surface area (Å²) in [5.74, 6) is 0.612. The van der Waals surface area contributed by atoms with Crippen LogP contribution < -0.4 is 15.4 Å². The molecule has 0 atom stereocenters. The number of halogens is 2. The van der Waals surface area contributed by atoms with Crippen molar-refractivity contribution in [2.24, 2.45) is 5.92 Å². The van der Waals surface area contributed by atoms with Crippen LogP contribution in [0.15, 0.2) is 48.8 Å². The number of ether oxygens (including phenoxy) is 3. The molecule has 1 amide bonds. The molecule has 1 aromatic heterocycles. The molecule has 2 saturated heterocycles. The number of carbonyl (C=O) groups excluding carboxylic acids is 1. The molecule has 5 rings (SSSR count). The molecule has 0 bridgehead atoms.